The number of amides is 2. The van der Waals surface area contributed by atoms with Crippen LogP contribution < -0.4 is 10.6 Å². The fourth-order valence-corrected chi connectivity index (χ4v) is 3.43. The van der Waals surface area contributed by atoms with Crippen LogP contribution in [-0.4, -0.2) is 48.4 Å². The Balaban J connectivity index is 0.00000242. The zero-order valence-corrected chi connectivity index (χ0v) is 14.6. The van der Waals surface area contributed by atoms with Crippen LogP contribution in [0.25, 0.3) is 0 Å². The van der Waals surface area contributed by atoms with Crippen molar-refractivity contribution in [1.29, 1.82) is 0 Å². The highest BCUT2D eigenvalue weighted by atomic mass is 35.5. The van der Waals surface area contributed by atoms with Gasteiger partial charge in [-0.25, -0.2) is 0 Å². The number of carbonyl (C=O) groups is 2. The smallest absolute Gasteiger partial charge is 0.245 e. The standard InChI is InChI=1S/C16H29N3O2.ClH/c1-12-11-17-8-9-19(12)16(21)13(2)18-15(20)10-14-6-4-3-5-7-14;/h12-14,17H,3-11H2,1-2H3,(H,18,20);1H. The minimum atomic E-state index is -0.415. The number of halogens is 1. The molecule has 1 aliphatic heterocycles. The van der Waals surface area contributed by atoms with Gasteiger partial charge in [0.25, 0.3) is 0 Å². The third kappa shape index (κ3) is 5.43. The Kier molecular flexibility index (Phi) is 8.18. The molecule has 0 spiro atoms. The largest absolute Gasteiger partial charge is 0.345 e. The molecule has 0 aromatic carbocycles. The van der Waals surface area contributed by atoms with Crippen molar-refractivity contribution < 1.29 is 9.59 Å². The van der Waals surface area contributed by atoms with Crippen molar-refractivity contribution in [3.05, 3.63) is 0 Å². The van der Waals surface area contributed by atoms with E-state index in [1.54, 1.807) is 6.92 Å². The van der Waals surface area contributed by atoms with Crippen LogP contribution in [-0.2, 0) is 9.59 Å². The number of hydrogen-bond acceptors (Lipinski definition) is 3. The second kappa shape index (κ2) is 9.36. The summed E-state index contributed by atoms with van der Waals surface area (Å²) in [6.45, 7) is 6.23. The highest BCUT2D eigenvalue weighted by Gasteiger charge is 2.28. The number of rotatable bonds is 4. The van der Waals surface area contributed by atoms with E-state index in [9.17, 15) is 9.59 Å². The van der Waals surface area contributed by atoms with E-state index in [0.29, 0.717) is 12.3 Å². The van der Waals surface area contributed by atoms with E-state index in [-0.39, 0.29) is 30.3 Å². The average molecular weight is 332 g/mol. The Labute approximate surface area is 140 Å². The maximum atomic E-state index is 12.4. The second-order valence-corrected chi connectivity index (χ2v) is 6.58. The lowest BCUT2D eigenvalue weighted by Crippen LogP contribution is -2.57. The molecule has 128 valence electrons. The molecule has 2 unspecified atom stereocenters. The van der Waals surface area contributed by atoms with Gasteiger partial charge in [-0.15, -0.1) is 12.4 Å². The predicted octanol–water partition coefficient (Wildman–Crippen LogP) is 1.70. The molecule has 6 heteroatoms. The zero-order chi connectivity index (χ0) is 15.2. The van der Waals surface area contributed by atoms with Gasteiger partial charge in [0.15, 0.2) is 0 Å². The van der Waals surface area contributed by atoms with Gasteiger partial charge in [-0.3, -0.25) is 9.59 Å². The summed E-state index contributed by atoms with van der Waals surface area (Å²) in [5.74, 6) is 0.589. The minimum absolute atomic E-state index is 0. The van der Waals surface area contributed by atoms with Crippen LogP contribution in [0.5, 0.6) is 0 Å². The number of nitrogens with zero attached hydrogens (tertiary/aromatic N) is 1. The molecule has 2 amide bonds. The SMILES string of the molecule is CC(NC(=O)CC1CCCCC1)C(=O)N1CCNCC1C.Cl. The summed E-state index contributed by atoms with van der Waals surface area (Å²) in [5, 5.41) is 6.17. The lowest BCUT2D eigenvalue weighted by Gasteiger charge is -2.35. The molecule has 0 aromatic heterocycles. The van der Waals surface area contributed by atoms with Gasteiger partial charge in [-0.05, 0) is 32.6 Å². The highest BCUT2D eigenvalue weighted by Crippen LogP contribution is 2.26. The van der Waals surface area contributed by atoms with Gasteiger partial charge in [0, 0.05) is 32.1 Å². The van der Waals surface area contributed by atoms with Crippen LogP contribution in [0.3, 0.4) is 0 Å². The van der Waals surface area contributed by atoms with Gasteiger partial charge < -0.3 is 15.5 Å². The van der Waals surface area contributed by atoms with E-state index in [0.717, 1.165) is 32.5 Å². The van der Waals surface area contributed by atoms with Gasteiger partial charge in [0.1, 0.15) is 6.04 Å². The maximum absolute atomic E-state index is 12.4. The molecular weight excluding hydrogens is 302 g/mol. The molecule has 0 radical (unpaired) electrons. The van der Waals surface area contributed by atoms with Crippen molar-refractivity contribution in [2.45, 2.75) is 64.5 Å². The van der Waals surface area contributed by atoms with Crippen molar-refractivity contribution in [3.63, 3.8) is 0 Å². The summed E-state index contributed by atoms with van der Waals surface area (Å²) < 4.78 is 0. The molecule has 0 aromatic rings. The van der Waals surface area contributed by atoms with Crippen molar-refractivity contribution in [2.24, 2.45) is 5.92 Å². The maximum Gasteiger partial charge on any atom is 0.245 e. The normalized spacial score (nSPS) is 24.3. The first kappa shape index (κ1) is 19.2. The fraction of sp³-hybridized carbons (Fsp3) is 0.875. The van der Waals surface area contributed by atoms with Crippen molar-refractivity contribution >= 4 is 24.2 Å². The third-order valence-electron chi connectivity index (χ3n) is 4.73. The second-order valence-electron chi connectivity index (χ2n) is 6.58. The third-order valence-corrected chi connectivity index (χ3v) is 4.73. The first-order valence-electron chi connectivity index (χ1n) is 8.38. The first-order chi connectivity index (χ1) is 10.1. The summed E-state index contributed by atoms with van der Waals surface area (Å²) in [6.07, 6.45) is 6.67. The topological polar surface area (TPSA) is 61.4 Å². The average Bonchev–Trinajstić information content (AvgIpc) is 2.48. The highest BCUT2D eigenvalue weighted by molar-refractivity contribution is 5.87. The number of piperazine rings is 1. The van der Waals surface area contributed by atoms with Crippen LogP contribution in [0.2, 0.25) is 0 Å². The molecule has 1 saturated heterocycles. The van der Waals surface area contributed by atoms with Gasteiger partial charge in [-0.1, -0.05) is 19.3 Å². The molecule has 1 aliphatic carbocycles. The molecule has 22 heavy (non-hydrogen) atoms. The predicted molar refractivity (Wildman–Crippen MR) is 90.1 cm³/mol. The van der Waals surface area contributed by atoms with E-state index in [2.05, 4.69) is 10.6 Å². The molecular formula is C16H30ClN3O2. The summed E-state index contributed by atoms with van der Waals surface area (Å²) in [6, 6.07) is -0.217. The molecule has 0 bridgehead atoms. The van der Waals surface area contributed by atoms with Gasteiger partial charge in [0.05, 0.1) is 0 Å². The van der Waals surface area contributed by atoms with E-state index in [1.807, 2.05) is 11.8 Å². The Hall–Kier alpha value is -0.810. The molecule has 2 N–H and O–H groups in total. The van der Waals surface area contributed by atoms with Crippen LogP contribution >= 0.6 is 12.4 Å². The molecule has 2 fully saturated rings. The van der Waals surface area contributed by atoms with Crippen molar-refractivity contribution in [3.8, 4) is 0 Å². The summed E-state index contributed by atoms with van der Waals surface area (Å²) in [7, 11) is 0. The monoisotopic (exact) mass is 331 g/mol. The molecule has 2 aliphatic rings. The number of hydrogen-bond donors (Lipinski definition) is 2. The van der Waals surface area contributed by atoms with Crippen LogP contribution in [0.1, 0.15) is 52.4 Å². The van der Waals surface area contributed by atoms with E-state index >= 15 is 0 Å². The summed E-state index contributed by atoms with van der Waals surface area (Å²) in [4.78, 5) is 26.4. The molecule has 1 saturated carbocycles. The lowest BCUT2D eigenvalue weighted by atomic mass is 9.87. The molecule has 2 atom stereocenters. The van der Waals surface area contributed by atoms with Crippen molar-refractivity contribution in [1.82, 2.24) is 15.5 Å². The van der Waals surface area contributed by atoms with E-state index < -0.39 is 6.04 Å². The Morgan fingerprint density at radius 3 is 2.59 bits per heavy atom. The fourth-order valence-electron chi connectivity index (χ4n) is 3.43. The quantitative estimate of drug-likeness (QED) is 0.824. The zero-order valence-electron chi connectivity index (χ0n) is 13.8. The lowest BCUT2D eigenvalue weighted by molar-refractivity contribution is -0.138. The Bertz CT molecular complexity index is 372. The van der Waals surface area contributed by atoms with Crippen LogP contribution in [0.4, 0.5) is 0 Å². The van der Waals surface area contributed by atoms with Crippen LogP contribution in [0, 0.1) is 5.92 Å². The first-order valence-corrected chi connectivity index (χ1v) is 8.38. The summed E-state index contributed by atoms with van der Waals surface area (Å²) in [5.41, 5.74) is 0. The minimum Gasteiger partial charge on any atom is -0.345 e. The van der Waals surface area contributed by atoms with Gasteiger partial charge in [0.2, 0.25) is 11.8 Å². The Morgan fingerprint density at radius 2 is 1.95 bits per heavy atom. The van der Waals surface area contributed by atoms with Crippen molar-refractivity contribution in [2.75, 3.05) is 19.6 Å². The van der Waals surface area contributed by atoms with Crippen LogP contribution in [0.15, 0.2) is 0 Å². The van der Waals surface area contributed by atoms with E-state index in [1.165, 1.54) is 19.3 Å². The number of carbonyl (C=O) groups excluding carboxylic acids is 2. The molecule has 2 rings (SSSR count). The summed E-state index contributed by atoms with van der Waals surface area (Å²) >= 11 is 0. The Morgan fingerprint density at radius 1 is 1.27 bits per heavy atom. The van der Waals surface area contributed by atoms with Gasteiger partial charge >= 0.3 is 0 Å². The number of nitrogens with one attached hydrogen (secondary N) is 2. The molecule has 1 heterocycles. The molecule has 5 nitrogen and oxygen atoms in total. The van der Waals surface area contributed by atoms with E-state index in [4.69, 9.17) is 0 Å². The van der Waals surface area contributed by atoms with Gasteiger partial charge in [-0.2, -0.15) is 0 Å².